The average Bonchev–Trinajstić information content (AvgIpc) is 2.58. The summed E-state index contributed by atoms with van der Waals surface area (Å²) in [5.41, 5.74) is 6.82. The molecule has 0 aliphatic rings. The van der Waals surface area contributed by atoms with E-state index in [2.05, 4.69) is 0 Å². The molecule has 0 saturated heterocycles. The lowest BCUT2D eigenvalue weighted by Crippen LogP contribution is -2.32. The molecule has 0 bridgehead atoms. The lowest BCUT2D eigenvalue weighted by molar-refractivity contribution is -0.137. The molecule has 120 valence electrons. The number of rotatable bonds is 7. The fraction of sp³-hybridized carbons (Fsp3) is 0.176. The topological polar surface area (TPSA) is 89.6 Å². The number of thioether (sulfide) groups is 1. The van der Waals surface area contributed by atoms with Crippen LogP contribution < -0.4 is 5.73 Å². The number of hydrogen-bond donors (Lipinski definition) is 2. The van der Waals surface area contributed by atoms with Gasteiger partial charge in [-0.1, -0.05) is 30.3 Å². The molecule has 0 radical (unpaired) electrons. The molecular formula is C17H17NO4S. The second-order valence-electron chi connectivity index (χ2n) is 4.84. The second kappa shape index (κ2) is 8.36. The predicted molar refractivity (Wildman–Crippen MR) is 88.3 cm³/mol. The molecule has 0 fully saturated rings. The molecule has 0 aliphatic carbocycles. The predicted octanol–water partition coefficient (Wildman–Crippen LogP) is 2.55. The molecule has 0 aromatic heterocycles. The Hall–Kier alpha value is -2.31. The number of carbonyl (C=O) groups excluding carboxylic acids is 1. The Morgan fingerprint density at radius 2 is 1.74 bits per heavy atom. The van der Waals surface area contributed by atoms with Gasteiger partial charge in [0.1, 0.15) is 12.6 Å². The summed E-state index contributed by atoms with van der Waals surface area (Å²) in [6, 6.07) is 15.3. The number of carboxylic acid groups (broad SMARTS) is 1. The highest BCUT2D eigenvalue weighted by Crippen LogP contribution is 2.19. The fourth-order valence-electron chi connectivity index (χ4n) is 1.75. The van der Waals surface area contributed by atoms with Crippen LogP contribution in [0.3, 0.4) is 0 Å². The lowest BCUT2D eigenvalue weighted by Gasteiger charge is -2.07. The van der Waals surface area contributed by atoms with Crippen molar-refractivity contribution in [3.63, 3.8) is 0 Å². The van der Waals surface area contributed by atoms with Crippen LogP contribution in [0, 0.1) is 0 Å². The van der Waals surface area contributed by atoms with Crippen molar-refractivity contribution < 1.29 is 19.4 Å². The van der Waals surface area contributed by atoms with Crippen LogP contribution in [0.4, 0.5) is 0 Å². The van der Waals surface area contributed by atoms with Gasteiger partial charge in [0.25, 0.3) is 0 Å². The van der Waals surface area contributed by atoms with Gasteiger partial charge in [0.15, 0.2) is 0 Å². The summed E-state index contributed by atoms with van der Waals surface area (Å²) in [5.74, 6) is -1.15. The number of ether oxygens (including phenoxy) is 1. The van der Waals surface area contributed by atoms with E-state index in [0.29, 0.717) is 5.56 Å². The minimum Gasteiger partial charge on any atom is -0.480 e. The van der Waals surface area contributed by atoms with Gasteiger partial charge in [0, 0.05) is 10.6 Å². The van der Waals surface area contributed by atoms with Gasteiger partial charge in [-0.2, -0.15) is 0 Å². The van der Waals surface area contributed by atoms with Crippen LogP contribution in [0.2, 0.25) is 0 Å². The molecule has 0 saturated carbocycles. The van der Waals surface area contributed by atoms with Crippen molar-refractivity contribution in [2.24, 2.45) is 5.73 Å². The van der Waals surface area contributed by atoms with Gasteiger partial charge >= 0.3 is 11.9 Å². The van der Waals surface area contributed by atoms with Crippen molar-refractivity contribution in [3.05, 3.63) is 65.7 Å². The van der Waals surface area contributed by atoms with E-state index >= 15 is 0 Å². The molecule has 23 heavy (non-hydrogen) atoms. The van der Waals surface area contributed by atoms with Crippen molar-refractivity contribution >= 4 is 23.7 Å². The molecule has 1 atom stereocenters. The Balaban J connectivity index is 1.86. The quantitative estimate of drug-likeness (QED) is 0.599. The maximum absolute atomic E-state index is 12.0. The first-order valence-electron chi connectivity index (χ1n) is 6.98. The van der Waals surface area contributed by atoms with Crippen LogP contribution in [0.15, 0.2) is 59.5 Å². The van der Waals surface area contributed by atoms with Crippen LogP contribution in [0.1, 0.15) is 15.9 Å². The van der Waals surface area contributed by atoms with Crippen LogP contribution in [-0.4, -0.2) is 28.8 Å². The third-order valence-electron chi connectivity index (χ3n) is 3.05. The zero-order chi connectivity index (χ0) is 16.7. The number of nitrogens with two attached hydrogens (primary N) is 1. The van der Waals surface area contributed by atoms with Crippen molar-refractivity contribution in [3.8, 4) is 0 Å². The Bertz CT molecular complexity index is 658. The highest BCUT2D eigenvalue weighted by molar-refractivity contribution is 7.99. The minimum atomic E-state index is -1.03. The molecule has 0 spiro atoms. The maximum Gasteiger partial charge on any atom is 0.338 e. The molecule has 2 aromatic carbocycles. The Kier molecular flexibility index (Phi) is 6.19. The minimum absolute atomic E-state index is 0.226. The zero-order valence-corrected chi connectivity index (χ0v) is 13.2. The number of carboxylic acids is 1. The van der Waals surface area contributed by atoms with E-state index in [1.165, 1.54) is 11.8 Å². The molecular weight excluding hydrogens is 314 g/mol. The standard InChI is InChI=1S/C17H17NO4S/c18-15(16(19)20)11-23-14-8-6-13(7-9-14)17(21)22-10-12-4-2-1-3-5-12/h1-9,15H,10-11,18H2,(H,19,20)/t15-/m0/s1. The second-order valence-corrected chi connectivity index (χ2v) is 5.94. The highest BCUT2D eigenvalue weighted by Gasteiger charge is 2.12. The maximum atomic E-state index is 12.0. The third-order valence-corrected chi connectivity index (χ3v) is 4.18. The van der Waals surface area contributed by atoms with E-state index in [1.807, 2.05) is 30.3 Å². The Labute approximate surface area is 138 Å². The van der Waals surface area contributed by atoms with Gasteiger partial charge in [-0.05, 0) is 29.8 Å². The van der Waals surface area contributed by atoms with Crippen molar-refractivity contribution in [2.75, 3.05) is 5.75 Å². The van der Waals surface area contributed by atoms with Crippen LogP contribution in [-0.2, 0) is 16.1 Å². The molecule has 2 aromatic rings. The Morgan fingerprint density at radius 1 is 1.09 bits per heavy atom. The summed E-state index contributed by atoms with van der Waals surface area (Å²) < 4.78 is 5.24. The largest absolute Gasteiger partial charge is 0.480 e. The van der Waals surface area contributed by atoms with E-state index in [1.54, 1.807) is 24.3 Å². The molecule has 3 N–H and O–H groups in total. The van der Waals surface area contributed by atoms with Crippen LogP contribution in [0.25, 0.3) is 0 Å². The number of benzene rings is 2. The molecule has 0 unspecified atom stereocenters. The highest BCUT2D eigenvalue weighted by atomic mass is 32.2. The summed E-state index contributed by atoms with van der Waals surface area (Å²) in [6.45, 7) is 0.226. The van der Waals surface area contributed by atoms with Crippen LogP contribution in [0.5, 0.6) is 0 Å². The van der Waals surface area contributed by atoms with Gasteiger partial charge < -0.3 is 15.6 Å². The number of hydrogen-bond acceptors (Lipinski definition) is 5. The molecule has 0 aliphatic heterocycles. The van der Waals surface area contributed by atoms with Gasteiger partial charge in [-0.15, -0.1) is 11.8 Å². The molecule has 0 amide bonds. The summed E-state index contributed by atoms with van der Waals surface area (Å²) in [7, 11) is 0. The van der Waals surface area contributed by atoms with Crippen molar-refractivity contribution in [1.29, 1.82) is 0 Å². The average molecular weight is 331 g/mol. The fourth-order valence-corrected chi connectivity index (χ4v) is 2.59. The first-order valence-corrected chi connectivity index (χ1v) is 7.97. The summed E-state index contributed by atoms with van der Waals surface area (Å²) in [6.07, 6.45) is 0. The summed E-state index contributed by atoms with van der Waals surface area (Å²) in [4.78, 5) is 23.5. The van der Waals surface area contributed by atoms with Gasteiger partial charge in [0.2, 0.25) is 0 Å². The Morgan fingerprint density at radius 3 is 2.35 bits per heavy atom. The number of aliphatic carboxylic acids is 1. The van der Waals surface area contributed by atoms with Gasteiger partial charge in [-0.25, -0.2) is 4.79 Å². The van der Waals surface area contributed by atoms with E-state index in [4.69, 9.17) is 15.6 Å². The number of esters is 1. The molecule has 2 rings (SSSR count). The van der Waals surface area contributed by atoms with E-state index in [0.717, 1.165) is 10.5 Å². The van der Waals surface area contributed by atoms with E-state index in [9.17, 15) is 9.59 Å². The van der Waals surface area contributed by atoms with E-state index in [-0.39, 0.29) is 12.4 Å². The van der Waals surface area contributed by atoms with Gasteiger partial charge in [0.05, 0.1) is 5.56 Å². The summed E-state index contributed by atoms with van der Waals surface area (Å²) >= 11 is 1.33. The van der Waals surface area contributed by atoms with E-state index < -0.39 is 18.0 Å². The zero-order valence-electron chi connectivity index (χ0n) is 12.3. The normalized spacial score (nSPS) is 11.7. The van der Waals surface area contributed by atoms with Crippen molar-refractivity contribution in [2.45, 2.75) is 17.5 Å². The third kappa shape index (κ3) is 5.43. The summed E-state index contributed by atoms with van der Waals surface area (Å²) in [5, 5.41) is 8.73. The molecule has 5 nitrogen and oxygen atoms in total. The SMILES string of the molecule is N[C@@H](CSc1ccc(C(=O)OCc2ccccc2)cc1)C(=O)O. The molecule has 0 heterocycles. The smallest absolute Gasteiger partial charge is 0.338 e. The monoisotopic (exact) mass is 331 g/mol. The van der Waals surface area contributed by atoms with Gasteiger partial charge in [-0.3, -0.25) is 4.79 Å². The number of carbonyl (C=O) groups is 2. The first kappa shape index (κ1) is 17.1. The van der Waals surface area contributed by atoms with Crippen molar-refractivity contribution in [1.82, 2.24) is 0 Å². The molecule has 6 heteroatoms. The van der Waals surface area contributed by atoms with Crippen LogP contribution >= 0.6 is 11.8 Å². The lowest BCUT2D eigenvalue weighted by atomic mass is 10.2. The first-order chi connectivity index (χ1) is 11.1.